The molecule has 26 heavy (non-hydrogen) atoms. The molecule has 0 radical (unpaired) electrons. The number of nitrogens with one attached hydrogen (secondary N) is 2. The molecule has 8 heteroatoms. The molecule has 1 aliphatic carbocycles. The van der Waals surface area contributed by atoms with Crippen LogP contribution in [-0.2, 0) is 14.8 Å². The molecule has 0 bridgehead atoms. The van der Waals surface area contributed by atoms with E-state index in [1.807, 2.05) is 6.92 Å². The summed E-state index contributed by atoms with van der Waals surface area (Å²) in [6.45, 7) is 4.97. The van der Waals surface area contributed by atoms with Crippen LogP contribution in [0, 0.1) is 5.92 Å². The number of sulfonamides is 1. The summed E-state index contributed by atoms with van der Waals surface area (Å²) >= 11 is 0. The second kappa shape index (κ2) is 11.2. The quantitative estimate of drug-likeness (QED) is 0.396. The van der Waals surface area contributed by atoms with Gasteiger partial charge in [-0.15, -0.1) is 0 Å². The van der Waals surface area contributed by atoms with Crippen LogP contribution in [0.15, 0.2) is 0 Å². The Hall–Kier alpha value is -0.700. The molecule has 0 aromatic heterocycles. The van der Waals surface area contributed by atoms with Gasteiger partial charge in [-0.05, 0) is 25.7 Å². The van der Waals surface area contributed by atoms with Crippen LogP contribution in [0.1, 0.15) is 72.1 Å². The molecule has 0 heterocycles. The van der Waals surface area contributed by atoms with Crippen molar-refractivity contribution < 1.29 is 23.4 Å². The van der Waals surface area contributed by atoms with Gasteiger partial charge in [-0.1, -0.05) is 45.4 Å². The van der Waals surface area contributed by atoms with Crippen LogP contribution in [0.25, 0.3) is 0 Å². The first-order valence-electron chi connectivity index (χ1n) is 9.80. The van der Waals surface area contributed by atoms with E-state index in [0.717, 1.165) is 32.1 Å². The number of carbonyl (C=O) groups is 1. The molecule has 0 aromatic carbocycles. The lowest BCUT2D eigenvalue weighted by Gasteiger charge is -2.34. The molecule has 4 atom stereocenters. The van der Waals surface area contributed by atoms with Crippen LogP contribution in [0.2, 0.25) is 0 Å². The van der Waals surface area contributed by atoms with Crippen molar-refractivity contribution in [3.63, 3.8) is 0 Å². The van der Waals surface area contributed by atoms with E-state index < -0.39 is 39.4 Å². The molecule has 0 saturated heterocycles. The van der Waals surface area contributed by atoms with Crippen LogP contribution in [0.3, 0.4) is 0 Å². The maximum atomic E-state index is 12.4. The van der Waals surface area contributed by atoms with Gasteiger partial charge < -0.3 is 15.5 Å². The van der Waals surface area contributed by atoms with Gasteiger partial charge >= 0.3 is 0 Å². The third-order valence-corrected chi connectivity index (χ3v) is 7.12. The molecular formula is C18H36N2O5S. The molecular weight excluding hydrogens is 356 g/mol. The molecule has 1 saturated carbocycles. The maximum absolute atomic E-state index is 12.4. The lowest BCUT2D eigenvalue weighted by atomic mass is 9.83. The highest BCUT2D eigenvalue weighted by Crippen LogP contribution is 2.28. The van der Waals surface area contributed by atoms with Gasteiger partial charge in [0.25, 0.3) is 0 Å². The SMILES string of the molecule is CCCCNS(=O)(=O)C(C)C(O)[C@@H](NC(C)=O)[C@H](O)CC1CCCCC1. The summed E-state index contributed by atoms with van der Waals surface area (Å²) in [5.74, 6) is -0.0583. The first-order valence-corrected chi connectivity index (χ1v) is 11.3. The first-order chi connectivity index (χ1) is 12.2. The number of hydrogen-bond acceptors (Lipinski definition) is 5. The molecule has 0 aromatic rings. The van der Waals surface area contributed by atoms with Gasteiger partial charge in [0.1, 0.15) is 5.25 Å². The first kappa shape index (κ1) is 23.3. The molecule has 1 amide bonds. The lowest BCUT2D eigenvalue weighted by molar-refractivity contribution is -0.122. The van der Waals surface area contributed by atoms with Gasteiger partial charge in [0.15, 0.2) is 0 Å². The Labute approximate surface area is 158 Å². The zero-order chi connectivity index (χ0) is 19.7. The van der Waals surface area contributed by atoms with Crippen molar-refractivity contribution in [2.24, 2.45) is 5.92 Å². The fourth-order valence-corrected chi connectivity index (χ4v) is 4.78. The van der Waals surface area contributed by atoms with Crippen molar-refractivity contribution in [3.8, 4) is 0 Å². The summed E-state index contributed by atoms with van der Waals surface area (Å²) in [7, 11) is -3.74. The molecule has 2 unspecified atom stereocenters. The van der Waals surface area contributed by atoms with Crippen molar-refractivity contribution in [2.75, 3.05) is 6.54 Å². The van der Waals surface area contributed by atoms with Crippen LogP contribution in [0.5, 0.6) is 0 Å². The zero-order valence-corrected chi connectivity index (χ0v) is 17.1. The van der Waals surface area contributed by atoms with Gasteiger partial charge in [0.2, 0.25) is 15.9 Å². The highest BCUT2D eigenvalue weighted by atomic mass is 32.2. The third kappa shape index (κ3) is 7.50. The Bertz CT molecular complexity index is 520. The average Bonchev–Trinajstić information content (AvgIpc) is 2.59. The molecule has 0 spiro atoms. The summed E-state index contributed by atoms with van der Waals surface area (Å²) in [6.07, 6.45) is 5.13. The summed E-state index contributed by atoms with van der Waals surface area (Å²) in [6, 6.07) is -1.01. The minimum absolute atomic E-state index is 0.311. The van der Waals surface area contributed by atoms with E-state index in [4.69, 9.17) is 0 Å². The fraction of sp³-hybridized carbons (Fsp3) is 0.944. The van der Waals surface area contributed by atoms with Gasteiger partial charge in [-0.25, -0.2) is 13.1 Å². The van der Waals surface area contributed by atoms with Crippen LogP contribution < -0.4 is 10.0 Å². The zero-order valence-electron chi connectivity index (χ0n) is 16.3. The van der Waals surface area contributed by atoms with Crippen LogP contribution >= 0.6 is 0 Å². The van der Waals surface area contributed by atoms with Crippen molar-refractivity contribution >= 4 is 15.9 Å². The number of aliphatic hydroxyl groups is 2. The van der Waals surface area contributed by atoms with E-state index in [0.29, 0.717) is 25.3 Å². The number of unbranched alkanes of at least 4 members (excludes halogenated alkanes) is 1. The van der Waals surface area contributed by atoms with Gasteiger partial charge in [-0.3, -0.25) is 4.79 Å². The molecule has 4 N–H and O–H groups in total. The number of carbonyl (C=O) groups excluding carboxylic acids is 1. The Balaban J connectivity index is 2.79. The minimum atomic E-state index is -3.74. The van der Waals surface area contributed by atoms with E-state index in [9.17, 15) is 23.4 Å². The predicted octanol–water partition coefficient (Wildman–Crippen LogP) is 1.29. The Morgan fingerprint density at radius 2 is 1.81 bits per heavy atom. The van der Waals surface area contributed by atoms with Gasteiger partial charge in [0.05, 0.1) is 18.2 Å². The Morgan fingerprint density at radius 3 is 2.35 bits per heavy atom. The minimum Gasteiger partial charge on any atom is -0.391 e. The predicted molar refractivity (Wildman–Crippen MR) is 102 cm³/mol. The average molecular weight is 393 g/mol. The van der Waals surface area contributed by atoms with E-state index in [1.54, 1.807) is 0 Å². The van der Waals surface area contributed by atoms with E-state index in [2.05, 4.69) is 10.0 Å². The van der Waals surface area contributed by atoms with Gasteiger partial charge in [-0.2, -0.15) is 0 Å². The smallest absolute Gasteiger partial charge is 0.217 e. The summed E-state index contributed by atoms with van der Waals surface area (Å²) in [4.78, 5) is 11.5. The summed E-state index contributed by atoms with van der Waals surface area (Å²) in [5.41, 5.74) is 0. The fourth-order valence-electron chi connectivity index (χ4n) is 3.55. The number of rotatable bonds is 11. The standard InChI is InChI=1S/C18H36N2O5S/c1-4-5-11-19-26(24,25)13(2)18(23)17(20-14(3)21)16(22)12-15-9-7-6-8-10-15/h13,15-19,22-23H,4-12H2,1-3H3,(H,20,21)/t13?,16-,17+,18?/m1/s1. The second-order valence-corrected chi connectivity index (χ2v) is 9.64. The monoisotopic (exact) mass is 392 g/mol. The van der Waals surface area contributed by atoms with Crippen molar-refractivity contribution in [1.29, 1.82) is 0 Å². The van der Waals surface area contributed by atoms with E-state index >= 15 is 0 Å². The topological polar surface area (TPSA) is 116 Å². The molecule has 1 rings (SSSR count). The molecule has 1 fully saturated rings. The maximum Gasteiger partial charge on any atom is 0.217 e. The number of amides is 1. The second-order valence-electron chi connectivity index (χ2n) is 7.52. The summed E-state index contributed by atoms with van der Waals surface area (Å²) < 4.78 is 27.3. The summed E-state index contributed by atoms with van der Waals surface area (Å²) in [5, 5.41) is 22.7. The molecule has 154 valence electrons. The molecule has 1 aliphatic rings. The lowest BCUT2D eigenvalue weighted by Crippen LogP contribution is -2.57. The van der Waals surface area contributed by atoms with Crippen molar-refractivity contribution in [1.82, 2.24) is 10.0 Å². The van der Waals surface area contributed by atoms with Crippen molar-refractivity contribution in [2.45, 2.75) is 95.6 Å². The van der Waals surface area contributed by atoms with E-state index in [-0.39, 0.29) is 0 Å². The van der Waals surface area contributed by atoms with Crippen molar-refractivity contribution in [3.05, 3.63) is 0 Å². The van der Waals surface area contributed by atoms with Crippen LogP contribution in [0.4, 0.5) is 0 Å². The molecule has 7 nitrogen and oxygen atoms in total. The highest BCUT2D eigenvalue weighted by Gasteiger charge is 2.38. The Kier molecular flexibility index (Phi) is 10.1. The largest absolute Gasteiger partial charge is 0.391 e. The number of hydrogen-bond donors (Lipinski definition) is 4. The van der Waals surface area contributed by atoms with E-state index in [1.165, 1.54) is 20.3 Å². The third-order valence-electron chi connectivity index (χ3n) is 5.26. The highest BCUT2D eigenvalue weighted by molar-refractivity contribution is 7.90. The Morgan fingerprint density at radius 1 is 1.19 bits per heavy atom. The number of aliphatic hydroxyl groups excluding tert-OH is 2. The molecule has 0 aliphatic heterocycles. The van der Waals surface area contributed by atoms with Crippen LogP contribution in [-0.4, -0.2) is 54.6 Å². The van der Waals surface area contributed by atoms with Gasteiger partial charge in [0, 0.05) is 13.5 Å². The normalized spacial score (nSPS) is 21.0.